The number of nitrogens with one attached hydrogen (secondary N) is 2. The molecule has 4 rings (SSSR count). The summed E-state index contributed by atoms with van der Waals surface area (Å²) in [5.74, 6) is 0.549. The van der Waals surface area contributed by atoms with Gasteiger partial charge in [-0.2, -0.15) is 0 Å². The van der Waals surface area contributed by atoms with E-state index in [-0.39, 0.29) is 5.91 Å². The van der Waals surface area contributed by atoms with Gasteiger partial charge in [-0.1, -0.05) is 42.5 Å². The standard InChI is InChI=1S/C23H27N5O/c24-22-16-28(20-9-11-25-12-10-20)21(15-26-22)18-7-4-8-19(13-18)23(29)27-14-17-5-2-1-3-6-17/h1-8,13,15,20,25H,9-12,14,16H2,(H2,24,26)(H,27,29). The summed E-state index contributed by atoms with van der Waals surface area (Å²) in [4.78, 5) is 19.4. The topological polar surface area (TPSA) is 82.7 Å². The minimum atomic E-state index is -0.0801. The lowest BCUT2D eigenvalue weighted by Gasteiger charge is -2.39. The molecule has 2 aliphatic rings. The van der Waals surface area contributed by atoms with E-state index in [4.69, 9.17) is 5.73 Å². The van der Waals surface area contributed by atoms with Crippen molar-refractivity contribution in [3.63, 3.8) is 0 Å². The average Bonchev–Trinajstić information content (AvgIpc) is 2.79. The molecule has 6 heteroatoms. The Morgan fingerprint density at radius 2 is 1.93 bits per heavy atom. The third-order valence-corrected chi connectivity index (χ3v) is 5.46. The maximum atomic E-state index is 12.7. The zero-order valence-corrected chi connectivity index (χ0v) is 16.5. The molecule has 0 unspecified atom stereocenters. The van der Waals surface area contributed by atoms with Gasteiger partial charge in [-0.25, -0.2) is 4.99 Å². The largest absolute Gasteiger partial charge is 0.386 e. The number of carbonyl (C=O) groups excluding carboxylic acids is 1. The summed E-state index contributed by atoms with van der Waals surface area (Å²) >= 11 is 0. The van der Waals surface area contributed by atoms with Crippen molar-refractivity contribution in [1.29, 1.82) is 0 Å². The number of hydrogen-bond acceptors (Lipinski definition) is 5. The Balaban J connectivity index is 1.52. The molecule has 0 aromatic heterocycles. The van der Waals surface area contributed by atoms with Crippen LogP contribution in [0.1, 0.15) is 34.3 Å². The highest BCUT2D eigenvalue weighted by molar-refractivity contribution is 5.95. The first-order valence-electron chi connectivity index (χ1n) is 10.1. The van der Waals surface area contributed by atoms with E-state index >= 15 is 0 Å². The number of hydrogen-bond donors (Lipinski definition) is 3. The third kappa shape index (κ3) is 4.66. The Hall–Kier alpha value is -3.12. The lowest BCUT2D eigenvalue weighted by atomic mass is 10.00. The normalized spacial score (nSPS) is 17.4. The molecule has 150 valence electrons. The van der Waals surface area contributed by atoms with E-state index in [1.165, 1.54) is 0 Å². The van der Waals surface area contributed by atoms with Crippen LogP contribution in [0, 0.1) is 0 Å². The summed E-state index contributed by atoms with van der Waals surface area (Å²) in [7, 11) is 0. The molecule has 0 radical (unpaired) electrons. The molecular weight excluding hydrogens is 362 g/mol. The van der Waals surface area contributed by atoms with Gasteiger partial charge in [0.25, 0.3) is 5.91 Å². The van der Waals surface area contributed by atoms with Crippen LogP contribution >= 0.6 is 0 Å². The van der Waals surface area contributed by atoms with Crippen LogP contribution in [0.25, 0.3) is 5.70 Å². The van der Waals surface area contributed by atoms with E-state index in [2.05, 4.69) is 20.5 Å². The van der Waals surface area contributed by atoms with Crippen molar-refractivity contribution in [2.45, 2.75) is 25.4 Å². The summed E-state index contributed by atoms with van der Waals surface area (Å²) in [5.41, 5.74) is 9.78. The van der Waals surface area contributed by atoms with Crippen molar-refractivity contribution in [2.24, 2.45) is 10.7 Å². The van der Waals surface area contributed by atoms with Gasteiger partial charge in [0.15, 0.2) is 0 Å². The number of aliphatic imine (C=N–C) groups is 1. The van der Waals surface area contributed by atoms with Gasteiger partial charge in [-0.3, -0.25) is 4.79 Å². The van der Waals surface area contributed by atoms with Crippen molar-refractivity contribution in [3.05, 3.63) is 77.5 Å². The quantitative estimate of drug-likeness (QED) is 0.733. The molecular formula is C23H27N5O. The van der Waals surface area contributed by atoms with Crippen LogP contribution in [0.4, 0.5) is 0 Å². The van der Waals surface area contributed by atoms with E-state index in [9.17, 15) is 4.79 Å². The molecule has 0 bridgehead atoms. The van der Waals surface area contributed by atoms with Crippen LogP contribution in [0.5, 0.6) is 0 Å². The first-order chi connectivity index (χ1) is 14.2. The molecule has 4 N–H and O–H groups in total. The predicted molar refractivity (Wildman–Crippen MR) is 116 cm³/mol. The Labute approximate surface area is 171 Å². The van der Waals surface area contributed by atoms with Crippen molar-refractivity contribution < 1.29 is 4.79 Å². The number of nitrogens with two attached hydrogens (primary N) is 1. The SMILES string of the molecule is NC1=NC=C(c2cccc(C(=O)NCc3ccccc3)c2)N(C2CCNCC2)C1. The van der Waals surface area contributed by atoms with Crippen LogP contribution in [0.2, 0.25) is 0 Å². The molecule has 0 saturated carbocycles. The van der Waals surface area contributed by atoms with Crippen LogP contribution in [0.15, 0.2) is 65.8 Å². The highest BCUT2D eigenvalue weighted by atomic mass is 16.1. The summed E-state index contributed by atoms with van der Waals surface area (Å²) in [6.07, 6.45) is 3.98. The maximum Gasteiger partial charge on any atom is 0.251 e. The molecule has 2 aromatic rings. The number of rotatable bonds is 5. The fourth-order valence-corrected chi connectivity index (χ4v) is 3.90. The lowest BCUT2D eigenvalue weighted by molar-refractivity contribution is 0.0951. The molecule has 0 spiro atoms. The fourth-order valence-electron chi connectivity index (χ4n) is 3.90. The van der Waals surface area contributed by atoms with Crippen molar-refractivity contribution in [2.75, 3.05) is 19.6 Å². The van der Waals surface area contributed by atoms with Gasteiger partial charge in [-0.05, 0) is 43.6 Å². The van der Waals surface area contributed by atoms with Gasteiger partial charge in [0.2, 0.25) is 0 Å². The van der Waals surface area contributed by atoms with Gasteiger partial charge in [0, 0.05) is 23.7 Å². The van der Waals surface area contributed by atoms with Gasteiger partial charge >= 0.3 is 0 Å². The number of nitrogens with zero attached hydrogens (tertiary/aromatic N) is 2. The summed E-state index contributed by atoms with van der Waals surface area (Å²) in [5, 5.41) is 6.41. The molecule has 1 saturated heterocycles. The van der Waals surface area contributed by atoms with Crippen LogP contribution in [0.3, 0.4) is 0 Å². The first-order valence-corrected chi connectivity index (χ1v) is 10.1. The lowest BCUT2D eigenvalue weighted by Crippen LogP contribution is -2.46. The van der Waals surface area contributed by atoms with E-state index in [0.29, 0.717) is 30.5 Å². The van der Waals surface area contributed by atoms with Crippen molar-refractivity contribution >= 4 is 17.4 Å². The zero-order chi connectivity index (χ0) is 20.1. The smallest absolute Gasteiger partial charge is 0.251 e. The van der Waals surface area contributed by atoms with Crippen LogP contribution in [-0.4, -0.2) is 42.3 Å². The van der Waals surface area contributed by atoms with Crippen LogP contribution in [-0.2, 0) is 6.54 Å². The van der Waals surface area contributed by atoms with Gasteiger partial charge in [0.05, 0.1) is 18.4 Å². The average molecular weight is 390 g/mol. The van der Waals surface area contributed by atoms with E-state index in [1.54, 1.807) is 0 Å². The number of carbonyl (C=O) groups is 1. The summed E-state index contributed by atoms with van der Waals surface area (Å²) < 4.78 is 0. The maximum absolute atomic E-state index is 12.7. The van der Waals surface area contributed by atoms with E-state index < -0.39 is 0 Å². The monoisotopic (exact) mass is 389 g/mol. The van der Waals surface area contributed by atoms with Gasteiger partial charge < -0.3 is 21.3 Å². The number of benzene rings is 2. The van der Waals surface area contributed by atoms with Crippen molar-refractivity contribution in [3.8, 4) is 0 Å². The van der Waals surface area contributed by atoms with E-state index in [0.717, 1.165) is 42.8 Å². The fraction of sp³-hybridized carbons (Fsp3) is 0.304. The predicted octanol–water partition coefficient (Wildman–Crippen LogP) is 2.34. The first kappa shape index (κ1) is 19.2. The molecule has 1 amide bonds. The van der Waals surface area contributed by atoms with Crippen molar-refractivity contribution in [1.82, 2.24) is 15.5 Å². The summed E-state index contributed by atoms with van der Waals surface area (Å²) in [6, 6.07) is 18.1. The van der Waals surface area contributed by atoms with Gasteiger partial charge in [0.1, 0.15) is 5.84 Å². The van der Waals surface area contributed by atoms with E-state index in [1.807, 2.05) is 60.8 Å². The second-order valence-electron chi connectivity index (χ2n) is 7.49. The second kappa shape index (κ2) is 8.92. The Kier molecular flexibility index (Phi) is 5.91. The second-order valence-corrected chi connectivity index (χ2v) is 7.49. The molecule has 0 aliphatic carbocycles. The molecule has 0 atom stereocenters. The molecule has 6 nitrogen and oxygen atoms in total. The number of amides is 1. The summed E-state index contributed by atoms with van der Waals surface area (Å²) in [6.45, 7) is 3.15. The van der Waals surface area contributed by atoms with Gasteiger partial charge in [-0.15, -0.1) is 0 Å². The minimum Gasteiger partial charge on any atom is -0.386 e. The van der Waals surface area contributed by atoms with Crippen LogP contribution < -0.4 is 16.4 Å². The Morgan fingerprint density at radius 1 is 1.14 bits per heavy atom. The third-order valence-electron chi connectivity index (χ3n) is 5.46. The molecule has 2 heterocycles. The number of amidine groups is 1. The Bertz CT molecular complexity index is 916. The molecule has 2 aliphatic heterocycles. The molecule has 1 fully saturated rings. The zero-order valence-electron chi connectivity index (χ0n) is 16.5. The minimum absolute atomic E-state index is 0.0801. The molecule has 2 aromatic carbocycles. The Morgan fingerprint density at radius 3 is 2.72 bits per heavy atom. The molecule has 29 heavy (non-hydrogen) atoms. The highest BCUT2D eigenvalue weighted by Gasteiger charge is 2.26. The highest BCUT2D eigenvalue weighted by Crippen LogP contribution is 2.28. The number of piperidine rings is 1.